The largest absolute Gasteiger partial charge is 0.497 e. The first-order chi connectivity index (χ1) is 22.0. The Hall–Kier alpha value is -3.77. The summed E-state index contributed by atoms with van der Waals surface area (Å²) in [5.74, 6) is -5.73. The molecule has 1 aliphatic carbocycles. The first kappa shape index (κ1) is 34.6. The van der Waals surface area contributed by atoms with Crippen LogP contribution in [0, 0.1) is 29.1 Å². The highest BCUT2D eigenvalue weighted by atomic mass is 19.3. The van der Waals surface area contributed by atoms with Gasteiger partial charge in [0.2, 0.25) is 11.8 Å². The van der Waals surface area contributed by atoms with E-state index in [4.69, 9.17) is 14.2 Å². The Balaban J connectivity index is 1.59. The molecule has 1 aromatic carbocycles. The minimum Gasteiger partial charge on any atom is -0.497 e. The Kier molecular flexibility index (Phi) is 9.58. The third kappa shape index (κ3) is 6.94. The van der Waals surface area contributed by atoms with E-state index < -0.39 is 77.5 Å². The SMILES string of the molecule is COc1ccc2nc3c(nc2c1)O[C@H]1CN(C(=O)[C@H](C(C)(C)C)NC(=O)O[C@@H]2C[C@H](C)[C@H](C)[C@H]2CCCCC3(F)F)[C@H](C(=O)O)[C@@H]1C. The zero-order valence-electron chi connectivity index (χ0n) is 28.1. The molecule has 0 spiro atoms. The number of hydrogen-bond donors (Lipinski definition) is 2. The molecule has 8 atom stereocenters. The van der Waals surface area contributed by atoms with Gasteiger partial charge in [0.05, 0.1) is 24.7 Å². The van der Waals surface area contributed by atoms with Crippen LogP contribution in [0.3, 0.4) is 0 Å². The molecule has 2 aliphatic heterocycles. The number of halogens is 2. The van der Waals surface area contributed by atoms with E-state index in [1.165, 1.54) is 7.11 Å². The van der Waals surface area contributed by atoms with Gasteiger partial charge in [0.15, 0.2) is 5.69 Å². The van der Waals surface area contributed by atoms with E-state index in [9.17, 15) is 19.5 Å². The fraction of sp³-hybridized carbons (Fsp3) is 0.676. The Morgan fingerprint density at radius 1 is 1.06 bits per heavy atom. The maximum Gasteiger partial charge on any atom is 0.408 e. The number of alkyl halides is 2. The van der Waals surface area contributed by atoms with Gasteiger partial charge in [0, 0.05) is 18.4 Å². The highest BCUT2D eigenvalue weighted by Gasteiger charge is 2.51. The number of carbonyl (C=O) groups excluding carboxylic acids is 2. The Morgan fingerprint density at radius 3 is 2.45 bits per heavy atom. The van der Waals surface area contributed by atoms with Crippen LogP contribution < -0.4 is 14.8 Å². The minimum absolute atomic E-state index is 0.0436. The smallest absolute Gasteiger partial charge is 0.408 e. The summed E-state index contributed by atoms with van der Waals surface area (Å²) < 4.78 is 49.6. The molecule has 2 amide bonds. The van der Waals surface area contributed by atoms with Gasteiger partial charge in [-0.2, -0.15) is 8.78 Å². The second-order valence-corrected chi connectivity index (χ2v) is 14.6. The quantitative estimate of drug-likeness (QED) is 0.410. The van der Waals surface area contributed by atoms with Crippen molar-refractivity contribution >= 4 is 29.0 Å². The molecular formula is C34H46F2N4O7. The summed E-state index contributed by atoms with van der Waals surface area (Å²) in [7, 11) is 1.47. The summed E-state index contributed by atoms with van der Waals surface area (Å²) in [6.45, 7) is 10.8. The lowest BCUT2D eigenvalue weighted by atomic mass is 9.85. The predicted molar refractivity (Wildman–Crippen MR) is 168 cm³/mol. The third-order valence-corrected chi connectivity index (χ3v) is 10.3. The lowest BCUT2D eigenvalue weighted by Crippen LogP contribution is -2.57. The number of fused-ring (bicyclic) bond motifs is 5. The van der Waals surface area contributed by atoms with E-state index in [2.05, 4.69) is 29.1 Å². The number of methoxy groups -OCH3 is 1. The molecule has 2 bridgehead atoms. The Morgan fingerprint density at radius 2 is 1.79 bits per heavy atom. The highest BCUT2D eigenvalue weighted by molar-refractivity contribution is 5.90. The number of rotatable bonds is 2. The molecule has 0 unspecified atom stereocenters. The van der Waals surface area contributed by atoms with Crippen molar-refractivity contribution < 1.29 is 42.5 Å². The third-order valence-electron chi connectivity index (χ3n) is 10.3. The molecule has 0 radical (unpaired) electrons. The molecule has 47 heavy (non-hydrogen) atoms. The topological polar surface area (TPSA) is 140 Å². The van der Waals surface area contributed by atoms with Crippen molar-refractivity contribution in [2.75, 3.05) is 13.7 Å². The average Bonchev–Trinajstić information content (AvgIpc) is 3.46. The average molecular weight is 661 g/mol. The van der Waals surface area contributed by atoms with Crippen molar-refractivity contribution in [3.05, 3.63) is 23.9 Å². The van der Waals surface area contributed by atoms with Crippen molar-refractivity contribution in [3.8, 4) is 11.6 Å². The summed E-state index contributed by atoms with van der Waals surface area (Å²) in [4.78, 5) is 50.0. The van der Waals surface area contributed by atoms with Crippen LogP contribution in [0.5, 0.6) is 11.6 Å². The number of nitrogens with one attached hydrogen (secondary N) is 1. The molecule has 1 saturated carbocycles. The normalized spacial score (nSPS) is 31.9. The fourth-order valence-electron chi connectivity index (χ4n) is 7.35. The van der Waals surface area contributed by atoms with Gasteiger partial charge in [-0.05, 0) is 54.6 Å². The Bertz CT molecular complexity index is 1520. The predicted octanol–water partition coefficient (Wildman–Crippen LogP) is 5.78. The molecule has 1 aromatic heterocycles. The van der Waals surface area contributed by atoms with Crippen molar-refractivity contribution in [2.24, 2.45) is 29.1 Å². The highest BCUT2D eigenvalue weighted by Crippen LogP contribution is 2.44. The molecule has 5 rings (SSSR count). The van der Waals surface area contributed by atoms with E-state index >= 15 is 8.78 Å². The lowest BCUT2D eigenvalue weighted by Gasteiger charge is -2.35. The summed E-state index contributed by atoms with van der Waals surface area (Å²) in [6.07, 6.45) is -0.873. The lowest BCUT2D eigenvalue weighted by molar-refractivity contribution is -0.151. The monoisotopic (exact) mass is 660 g/mol. The van der Waals surface area contributed by atoms with Gasteiger partial charge in [0.25, 0.3) is 5.92 Å². The van der Waals surface area contributed by atoms with E-state index in [1.54, 1.807) is 45.9 Å². The number of carboxylic acids is 1. The first-order valence-corrected chi connectivity index (χ1v) is 16.4. The molecule has 258 valence electrons. The maximum absolute atomic E-state index is 16.1. The van der Waals surface area contributed by atoms with E-state index in [1.807, 2.05) is 0 Å². The Labute approximate surface area is 273 Å². The molecule has 13 heteroatoms. The fourth-order valence-corrected chi connectivity index (χ4v) is 7.35. The van der Waals surface area contributed by atoms with E-state index in [0.717, 1.165) is 4.90 Å². The van der Waals surface area contributed by atoms with Crippen LogP contribution in [-0.4, -0.2) is 75.9 Å². The van der Waals surface area contributed by atoms with Gasteiger partial charge in [0.1, 0.15) is 30.0 Å². The number of amides is 2. The number of hydrogen-bond acceptors (Lipinski definition) is 8. The molecule has 2 N–H and O–H groups in total. The number of nitrogens with zero attached hydrogens (tertiary/aromatic N) is 3. The van der Waals surface area contributed by atoms with Gasteiger partial charge in [-0.15, -0.1) is 0 Å². The van der Waals surface area contributed by atoms with Crippen molar-refractivity contribution in [2.45, 2.75) is 104 Å². The molecular weight excluding hydrogens is 614 g/mol. The minimum atomic E-state index is -3.42. The second-order valence-electron chi connectivity index (χ2n) is 14.6. The number of alkyl carbamates (subject to hydrolysis) is 1. The molecule has 11 nitrogen and oxygen atoms in total. The number of carboxylic acid groups (broad SMARTS) is 1. The first-order valence-electron chi connectivity index (χ1n) is 16.4. The number of aliphatic carboxylic acids is 1. The summed E-state index contributed by atoms with van der Waals surface area (Å²) in [6, 6.07) is 2.23. The van der Waals surface area contributed by atoms with Crippen molar-refractivity contribution in [1.29, 1.82) is 0 Å². The van der Waals surface area contributed by atoms with Crippen LogP contribution in [0.15, 0.2) is 18.2 Å². The van der Waals surface area contributed by atoms with Crippen LogP contribution in [0.4, 0.5) is 13.6 Å². The van der Waals surface area contributed by atoms with Crippen LogP contribution in [0.25, 0.3) is 11.0 Å². The molecule has 3 heterocycles. The summed E-state index contributed by atoms with van der Waals surface area (Å²) in [5.41, 5.74) is -0.966. The second kappa shape index (κ2) is 13.0. The van der Waals surface area contributed by atoms with Gasteiger partial charge < -0.3 is 29.5 Å². The molecule has 1 saturated heterocycles. The van der Waals surface area contributed by atoms with Crippen LogP contribution in [0.1, 0.15) is 79.3 Å². The van der Waals surface area contributed by atoms with Gasteiger partial charge in [-0.3, -0.25) is 4.79 Å². The number of benzene rings is 1. The van der Waals surface area contributed by atoms with Crippen molar-refractivity contribution in [1.82, 2.24) is 20.2 Å². The molecule has 3 aliphatic rings. The number of carbonyl (C=O) groups is 3. The summed E-state index contributed by atoms with van der Waals surface area (Å²) >= 11 is 0. The van der Waals surface area contributed by atoms with Crippen LogP contribution >= 0.6 is 0 Å². The van der Waals surface area contributed by atoms with Gasteiger partial charge >= 0.3 is 12.1 Å². The zero-order chi connectivity index (χ0) is 34.4. The van der Waals surface area contributed by atoms with Crippen molar-refractivity contribution in [3.63, 3.8) is 0 Å². The van der Waals surface area contributed by atoms with Gasteiger partial charge in [-0.25, -0.2) is 19.6 Å². The van der Waals surface area contributed by atoms with Crippen LogP contribution in [-0.2, 0) is 20.2 Å². The molecule has 2 fully saturated rings. The standard InChI is InChI=1S/C34H46F2N4O7/c1-17-14-24-21(18(17)2)10-8-9-13-34(35,36)27-29(38-23-15-20(45-7)11-12-22(23)37-27)46-25-16-40(26(19(25)3)31(42)43)30(41)28(33(4,5)6)39-32(44)47-24/h11-12,15,17-19,21,24-26,28H,8-10,13-14,16H2,1-7H3,(H,39,44)(H,42,43)/t17-,18-,19+,21+,24+,25-,26-,28+/m0/s1. The zero-order valence-corrected chi connectivity index (χ0v) is 28.1. The van der Waals surface area contributed by atoms with E-state index in [-0.39, 0.29) is 41.8 Å². The van der Waals surface area contributed by atoms with Crippen LogP contribution in [0.2, 0.25) is 0 Å². The molecule has 2 aromatic rings. The number of ether oxygens (including phenoxy) is 3. The number of aromatic nitrogens is 2. The van der Waals surface area contributed by atoms with Gasteiger partial charge in [-0.1, -0.05) is 48.0 Å². The maximum atomic E-state index is 16.1. The van der Waals surface area contributed by atoms with E-state index in [0.29, 0.717) is 25.0 Å². The summed E-state index contributed by atoms with van der Waals surface area (Å²) in [5, 5.41) is 13.0.